The quantitative estimate of drug-likeness (QED) is 0.484. The highest BCUT2D eigenvalue weighted by molar-refractivity contribution is 8.04. The van der Waals surface area contributed by atoms with Gasteiger partial charge in [-0.2, -0.15) is 0 Å². The molecule has 0 unspecified atom stereocenters. The van der Waals surface area contributed by atoms with Gasteiger partial charge in [0, 0.05) is 10.6 Å². The molecule has 1 N–H and O–H groups in total. The summed E-state index contributed by atoms with van der Waals surface area (Å²) in [7, 11) is 0. The van der Waals surface area contributed by atoms with Crippen molar-refractivity contribution in [2.24, 2.45) is 0 Å². The summed E-state index contributed by atoms with van der Waals surface area (Å²) in [5.74, 6) is -2.27. The Hall–Kier alpha value is -3.16. The Morgan fingerprint density at radius 1 is 0.903 bits per heavy atom. The van der Waals surface area contributed by atoms with Gasteiger partial charge < -0.3 is 5.32 Å². The standard InChI is InChI=1S/C23H15ClF2N2O2S/c1-13-2-9-17(10-3-13)31-21-20(27-15-6-4-14(25)5-7-15)22(29)28(23(21)30)16-8-11-19(26)18(24)12-16/h2-12,27H,1H3. The highest BCUT2D eigenvalue weighted by atomic mass is 35.5. The SMILES string of the molecule is Cc1ccc(SC2=C(Nc3ccc(F)cc3)C(=O)N(c3ccc(F)c(Cl)c3)C2=O)cc1. The lowest BCUT2D eigenvalue weighted by molar-refractivity contribution is -0.120. The predicted molar refractivity (Wildman–Crippen MR) is 118 cm³/mol. The van der Waals surface area contributed by atoms with E-state index < -0.39 is 23.4 Å². The van der Waals surface area contributed by atoms with Crippen molar-refractivity contribution in [2.45, 2.75) is 11.8 Å². The van der Waals surface area contributed by atoms with Crippen molar-refractivity contribution in [3.05, 3.63) is 99.6 Å². The smallest absolute Gasteiger partial charge is 0.283 e. The molecule has 0 atom stereocenters. The number of nitrogens with one attached hydrogen (secondary N) is 1. The van der Waals surface area contributed by atoms with Gasteiger partial charge in [-0.15, -0.1) is 0 Å². The summed E-state index contributed by atoms with van der Waals surface area (Å²) in [6.07, 6.45) is 0. The molecular formula is C23H15ClF2N2O2S. The van der Waals surface area contributed by atoms with Crippen LogP contribution < -0.4 is 10.2 Å². The molecular weight excluding hydrogens is 442 g/mol. The maximum atomic E-state index is 13.6. The van der Waals surface area contributed by atoms with Crippen LogP contribution in [0.4, 0.5) is 20.2 Å². The van der Waals surface area contributed by atoms with Gasteiger partial charge in [0.2, 0.25) is 0 Å². The number of hydrogen-bond donors (Lipinski definition) is 1. The molecule has 4 rings (SSSR count). The average Bonchev–Trinajstić information content (AvgIpc) is 2.97. The first kappa shape index (κ1) is 21.1. The van der Waals surface area contributed by atoms with Crippen LogP contribution in [0.5, 0.6) is 0 Å². The predicted octanol–water partition coefficient (Wildman–Crippen LogP) is 5.92. The molecule has 0 saturated carbocycles. The van der Waals surface area contributed by atoms with Gasteiger partial charge in [-0.3, -0.25) is 9.59 Å². The summed E-state index contributed by atoms with van der Waals surface area (Å²) in [4.78, 5) is 28.3. The fourth-order valence-electron chi connectivity index (χ4n) is 2.97. The van der Waals surface area contributed by atoms with Gasteiger partial charge in [-0.05, 0) is 61.5 Å². The van der Waals surface area contributed by atoms with Crippen LogP contribution in [0.1, 0.15) is 5.56 Å². The number of amides is 2. The van der Waals surface area contributed by atoms with Crippen LogP contribution in [0, 0.1) is 18.6 Å². The van der Waals surface area contributed by atoms with Gasteiger partial charge in [0.1, 0.15) is 22.2 Å². The van der Waals surface area contributed by atoms with Crippen molar-refractivity contribution in [1.82, 2.24) is 0 Å². The minimum Gasteiger partial charge on any atom is -0.350 e. The topological polar surface area (TPSA) is 49.4 Å². The zero-order valence-electron chi connectivity index (χ0n) is 16.2. The second-order valence-corrected chi connectivity index (χ2v) is 8.29. The number of hydrogen-bond acceptors (Lipinski definition) is 4. The number of aryl methyl sites for hydroxylation is 1. The number of benzene rings is 3. The lowest BCUT2D eigenvalue weighted by atomic mass is 10.2. The van der Waals surface area contributed by atoms with Crippen LogP contribution >= 0.6 is 23.4 Å². The molecule has 0 spiro atoms. The Morgan fingerprint density at radius 2 is 1.58 bits per heavy atom. The molecule has 156 valence electrons. The highest BCUT2D eigenvalue weighted by Gasteiger charge is 2.40. The van der Waals surface area contributed by atoms with Crippen molar-refractivity contribution in [1.29, 1.82) is 0 Å². The molecule has 1 heterocycles. The van der Waals surface area contributed by atoms with Crippen LogP contribution in [0.15, 0.2) is 82.2 Å². The van der Waals surface area contributed by atoms with Gasteiger partial charge in [0.25, 0.3) is 11.8 Å². The number of rotatable bonds is 5. The molecule has 0 radical (unpaired) electrons. The molecule has 0 bridgehead atoms. The Balaban J connectivity index is 1.74. The largest absolute Gasteiger partial charge is 0.350 e. The third-order valence-corrected chi connectivity index (χ3v) is 5.94. The van der Waals surface area contributed by atoms with Gasteiger partial charge in [0.15, 0.2) is 0 Å². The molecule has 3 aromatic rings. The van der Waals surface area contributed by atoms with Crippen LogP contribution in [0.3, 0.4) is 0 Å². The minimum absolute atomic E-state index is 0.0441. The van der Waals surface area contributed by atoms with Crippen molar-refractivity contribution in [2.75, 3.05) is 10.2 Å². The van der Waals surface area contributed by atoms with E-state index in [9.17, 15) is 18.4 Å². The van der Waals surface area contributed by atoms with Crippen LogP contribution in [0.2, 0.25) is 5.02 Å². The van der Waals surface area contributed by atoms with Gasteiger partial charge >= 0.3 is 0 Å². The molecule has 2 amide bonds. The van der Waals surface area contributed by atoms with Crippen molar-refractivity contribution >= 4 is 46.6 Å². The van der Waals surface area contributed by atoms with Crippen LogP contribution in [0.25, 0.3) is 0 Å². The summed E-state index contributed by atoms with van der Waals surface area (Å²) in [6, 6.07) is 16.5. The zero-order chi connectivity index (χ0) is 22.1. The zero-order valence-corrected chi connectivity index (χ0v) is 17.7. The Kier molecular flexibility index (Phi) is 5.80. The maximum Gasteiger partial charge on any atom is 0.283 e. The summed E-state index contributed by atoms with van der Waals surface area (Å²) in [5.41, 5.74) is 1.69. The second-order valence-electron chi connectivity index (χ2n) is 6.80. The molecule has 3 aromatic carbocycles. The number of carbonyl (C=O) groups is 2. The van der Waals surface area contributed by atoms with E-state index in [1.54, 1.807) is 0 Å². The van der Waals surface area contributed by atoms with Crippen LogP contribution in [-0.2, 0) is 9.59 Å². The van der Waals surface area contributed by atoms with E-state index in [1.807, 2.05) is 31.2 Å². The first-order chi connectivity index (χ1) is 14.8. The van der Waals surface area contributed by atoms with E-state index in [2.05, 4.69) is 5.32 Å². The fraction of sp³-hybridized carbons (Fsp3) is 0.0435. The molecule has 1 aliphatic rings. The minimum atomic E-state index is -0.656. The second kappa shape index (κ2) is 8.53. The Bertz CT molecular complexity index is 1140. The van der Waals surface area contributed by atoms with E-state index in [0.717, 1.165) is 33.2 Å². The number of halogens is 3. The molecule has 1 aliphatic heterocycles. The van der Waals surface area contributed by atoms with Crippen molar-refractivity contribution in [3.8, 4) is 0 Å². The number of anilines is 2. The number of carbonyl (C=O) groups excluding carboxylic acids is 2. The van der Waals surface area contributed by atoms with Crippen molar-refractivity contribution in [3.63, 3.8) is 0 Å². The highest BCUT2D eigenvalue weighted by Crippen LogP contribution is 2.38. The van der Waals surface area contributed by atoms with E-state index >= 15 is 0 Å². The molecule has 4 nitrogen and oxygen atoms in total. The van der Waals surface area contributed by atoms with Crippen LogP contribution in [-0.4, -0.2) is 11.8 Å². The number of thioether (sulfide) groups is 1. The average molecular weight is 457 g/mol. The van der Waals surface area contributed by atoms with Gasteiger partial charge in [0.05, 0.1) is 10.7 Å². The summed E-state index contributed by atoms with van der Waals surface area (Å²) >= 11 is 6.99. The Labute approximate surface area is 186 Å². The molecule has 0 saturated heterocycles. The number of nitrogens with zero attached hydrogens (tertiary/aromatic N) is 1. The Morgan fingerprint density at radius 3 is 2.23 bits per heavy atom. The lowest BCUT2D eigenvalue weighted by Gasteiger charge is -2.15. The third kappa shape index (κ3) is 4.33. The van der Waals surface area contributed by atoms with E-state index in [1.165, 1.54) is 36.4 Å². The maximum absolute atomic E-state index is 13.6. The lowest BCUT2D eigenvalue weighted by Crippen LogP contribution is -2.32. The number of imide groups is 1. The third-order valence-electron chi connectivity index (χ3n) is 4.56. The normalized spacial score (nSPS) is 13.9. The van der Waals surface area contributed by atoms with Gasteiger partial charge in [-0.1, -0.05) is 41.1 Å². The van der Waals surface area contributed by atoms with E-state index in [4.69, 9.17) is 11.6 Å². The molecule has 0 aliphatic carbocycles. The first-order valence-corrected chi connectivity index (χ1v) is 10.4. The molecule has 0 fully saturated rings. The summed E-state index contributed by atoms with van der Waals surface area (Å²) < 4.78 is 26.9. The van der Waals surface area contributed by atoms with Crippen molar-refractivity contribution < 1.29 is 18.4 Å². The van der Waals surface area contributed by atoms with E-state index in [0.29, 0.717) is 5.69 Å². The molecule has 8 heteroatoms. The summed E-state index contributed by atoms with van der Waals surface area (Å²) in [5, 5.41) is 2.73. The molecule has 0 aromatic heterocycles. The fourth-order valence-corrected chi connectivity index (χ4v) is 4.08. The molecule has 31 heavy (non-hydrogen) atoms. The summed E-state index contributed by atoms with van der Waals surface area (Å²) in [6.45, 7) is 1.94. The van der Waals surface area contributed by atoms with E-state index in [-0.39, 0.29) is 21.3 Å². The first-order valence-electron chi connectivity index (χ1n) is 9.19. The monoisotopic (exact) mass is 456 g/mol. The van der Waals surface area contributed by atoms with Gasteiger partial charge in [-0.25, -0.2) is 13.7 Å².